The fourth-order valence-electron chi connectivity index (χ4n) is 0.476. The summed E-state index contributed by atoms with van der Waals surface area (Å²) in [6, 6.07) is 0. The maximum absolute atomic E-state index is 12.2. The molecular formula is C6H5F7. The standard InChI is InChI=1S/C6H5F7/c1-2-3(7)4(8)5(9,10)6(11,12)13/h2-4H,1H2. The van der Waals surface area contributed by atoms with Gasteiger partial charge in [0.05, 0.1) is 0 Å². The van der Waals surface area contributed by atoms with E-state index in [0.29, 0.717) is 0 Å². The Morgan fingerprint density at radius 2 is 1.38 bits per heavy atom. The van der Waals surface area contributed by atoms with Crippen molar-refractivity contribution in [3.8, 4) is 0 Å². The van der Waals surface area contributed by atoms with Crippen LogP contribution in [0, 0.1) is 0 Å². The Labute approximate surface area is 69.0 Å². The van der Waals surface area contributed by atoms with E-state index in [1.165, 1.54) is 0 Å². The highest BCUT2D eigenvalue weighted by atomic mass is 19.4. The lowest BCUT2D eigenvalue weighted by Gasteiger charge is -2.23. The first kappa shape index (κ1) is 12.2. The van der Waals surface area contributed by atoms with Crippen LogP contribution >= 0.6 is 0 Å². The van der Waals surface area contributed by atoms with Crippen molar-refractivity contribution in [2.45, 2.75) is 24.4 Å². The van der Waals surface area contributed by atoms with Gasteiger partial charge >= 0.3 is 12.1 Å². The first-order valence-corrected chi connectivity index (χ1v) is 2.99. The van der Waals surface area contributed by atoms with Gasteiger partial charge in [-0.1, -0.05) is 6.08 Å². The van der Waals surface area contributed by atoms with Gasteiger partial charge in [0.2, 0.25) is 6.17 Å². The lowest BCUT2D eigenvalue weighted by Crippen LogP contribution is -2.48. The minimum Gasteiger partial charge on any atom is -0.239 e. The van der Waals surface area contributed by atoms with Crippen LogP contribution < -0.4 is 0 Å². The molecule has 0 spiro atoms. The van der Waals surface area contributed by atoms with E-state index < -0.39 is 24.4 Å². The van der Waals surface area contributed by atoms with Gasteiger partial charge in [-0.2, -0.15) is 22.0 Å². The van der Waals surface area contributed by atoms with Gasteiger partial charge in [0.1, 0.15) is 0 Å². The molecule has 0 aromatic carbocycles. The molecule has 0 radical (unpaired) electrons. The molecule has 0 aliphatic heterocycles. The topological polar surface area (TPSA) is 0 Å². The summed E-state index contributed by atoms with van der Waals surface area (Å²) in [4.78, 5) is 0. The fourth-order valence-corrected chi connectivity index (χ4v) is 0.476. The second-order valence-electron chi connectivity index (χ2n) is 2.20. The Balaban J connectivity index is 4.73. The first-order chi connectivity index (χ1) is 5.64. The van der Waals surface area contributed by atoms with Crippen LogP contribution in [0.2, 0.25) is 0 Å². The predicted molar refractivity (Wildman–Crippen MR) is 31.0 cm³/mol. The fraction of sp³-hybridized carbons (Fsp3) is 0.667. The second-order valence-corrected chi connectivity index (χ2v) is 2.20. The monoisotopic (exact) mass is 210 g/mol. The summed E-state index contributed by atoms with van der Waals surface area (Å²) < 4.78 is 82.3. The number of hydrogen-bond acceptors (Lipinski definition) is 0. The number of allylic oxidation sites excluding steroid dienone is 1. The molecule has 0 fully saturated rings. The van der Waals surface area contributed by atoms with E-state index >= 15 is 0 Å². The number of hydrogen-bond donors (Lipinski definition) is 0. The summed E-state index contributed by atoms with van der Waals surface area (Å²) in [7, 11) is 0. The SMILES string of the molecule is C=CC(F)C(F)C(F)(F)C(F)(F)F. The van der Waals surface area contributed by atoms with Crippen molar-refractivity contribution in [1.29, 1.82) is 0 Å². The Morgan fingerprint density at radius 3 is 1.62 bits per heavy atom. The van der Waals surface area contributed by atoms with Gasteiger partial charge in [0.25, 0.3) is 0 Å². The Kier molecular flexibility index (Phi) is 3.34. The largest absolute Gasteiger partial charge is 0.456 e. The molecule has 0 saturated heterocycles. The van der Waals surface area contributed by atoms with E-state index in [4.69, 9.17) is 0 Å². The number of halogens is 7. The van der Waals surface area contributed by atoms with Crippen molar-refractivity contribution in [3.05, 3.63) is 12.7 Å². The Hall–Kier alpha value is -0.750. The van der Waals surface area contributed by atoms with Gasteiger partial charge in [-0.15, -0.1) is 6.58 Å². The van der Waals surface area contributed by atoms with Crippen LogP contribution in [0.1, 0.15) is 0 Å². The van der Waals surface area contributed by atoms with E-state index in [-0.39, 0.29) is 6.08 Å². The van der Waals surface area contributed by atoms with Crippen molar-refractivity contribution < 1.29 is 30.7 Å². The smallest absolute Gasteiger partial charge is 0.239 e. The molecule has 0 bridgehead atoms. The van der Waals surface area contributed by atoms with E-state index in [0.717, 1.165) is 0 Å². The summed E-state index contributed by atoms with van der Waals surface area (Å²) in [5, 5.41) is 0. The van der Waals surface area contributed by atoms with E-state index in [2.05, 4.69) is 6.58 Å². The van der Waals surface area contributed by atoms with Crippen LogP contribution in [0.25, 0.3) is 0 Å². The van der Waals surface area contributed by atoms with Crippen LogP contribution in [-0.2, 0) is 0 Å². The molecule has 0 N–H and O–H groups in total. The van der Waals surface area contributed by atoms with Crippen LogP contribution in [0.15, 0.2) is 12.7 Å². The summed E-state index contributed by atoms with van der Waals surface area (Å²) in [5.74, 6) is -5.69. The van der Waals surface area contributed by atoms with Gasteiger partial charge < -0.3 is 0 Å². The van der Waals surface area contributed by atoms with Crippen LogP contribution in [0.5, 0.6) is 0 Å². The summed E-state index contributed by atoms with van der Waals surface area (Å²) >= 11 is 0. The number of alkyl halides is 7. The predicted octanol–water partition coefficient (Wildman–Crippen LogP) is 3.05. The molecule has 13 heavy (non-hydrogen) atoms. The van der Waals surface area contributed by atoms with Gasteiger partial charge in [-0.25, -0.2) is 8.78 Å². The third kappa shape index (κ3) is 2.35. The zero-order valence-electron chi connectivity index (χ0n) is 6.08. The highest BCUT2D eigenvalue weighted by Gasteiger charge is 2.65. The minimum absolute atomic E-state index is 0.0459. The molecule has 0 aliphatic carbocycles. The highest BCUT2D eigenvalue weighted by Crippen LogP contribution is 2.41. The molecule has 2 atom stereocenters. The zero-order chi connectivity index (χ0) is 10.9. The second kappa shape index (κ2) is 3.55. The van der Waals surface area contributed by atoms with Crippen molar-refractivity contribution in [1.82, 2.24) is 0 Å². The maximum Gasteiger partial charge on any atom is 0.456 e. The molecule has 0 rings (SSSR count). The minimum atomic E-state index is -6.10. The van der Waals surface area contributed by atoms with Crippen molar-refractivity contribution >= 4 is 0 Å². The summed E-state index contributed by atoms with van der Waals surface area (Å²) in [6.07, 6.45) is -13.0. The van der Waals surface area contributed by atoms with Crippen LogP contribution in [0.4, 0.5) is 30.7 Å². The lowest BCUT2D eigenvalue weighted by molar-refractivity contribution is -0.307. The molecule has 78 valence electrons. The quantitative estimate of drug-likeness (QED) is 0.496. The average molecular weight is 210 g/mol. The summed E-state index contributed by atoms with van der Waals surface area (Å²) in [6.45, 7) is 2.56. The molecule has 2 unspecified atom stereocenters. The number of rotatable bonds is 3. The normalized spacial score (nSPS) is 18.1. The van der Waals surface area contributed by atoms with Gasteiger partial charge in [-0.3, -0.25) is 0 Å². The third-order valence-electron chi connectivity index (χ3n) is 1.23. The molecule has 0 saturated carbocycles. The van der Waals surface area contributed by atoms with Crippen molar-refractivity contribution in [3.63, 3.8) is 0 Å². The maximum atomic E-state index is 12.2. The lowest BCUT2D eigenvalue weighted by atomic mass is 10.1. The van der Waals surface area contributed by atoms with E-state index in [1.54, 1.807) is 0 Å². The molecule has 0 aromatic rings. The molecule has 0 amide bonds. The van der Waals surface area contributed by atoms with E-state index in [1.807, 2.05) is 0 Å². The molecule has 0 nitrogen and oxygen atoms in total. The zero-order valence-corrected chi connectivity index (χ0v) is 6.08. The average Bonchev–Trinajstić information content (AvgIpc) is 1.99. The van der Waals surface area contributed by atoms with Crippen LogP contribution in [-0.4, -0.2) is 24.4 Å². The van der Waals surface area contributed by atoms with Gasteiger partial charge in [-0.05, 0) is 0 Å². The van der Waals surface area contributed by atoms with E-state index in [9.17, 15) is 30.7 Å². The molecule has 0 heterocycles. The van der Waals surface area contributed by atoms with Gasteiger partial charge in [0.15, 0.2) is 6.17 Å². The Morgan fingerprint density at radius 1 is 1.00 bits per heavy atom. The highest BCUT2D eigenvalue weighted by molar-refractivity contribution is 4.96. The summed E-state index contributed by atoms with van der Waals surface area (Å²) in [5.41, 5.74) is 0. The van der Waals surface area contributed by atoms with Crippen LogP contribution in [0.3, 0.4) is 0 Å². The molecule has 7 heteroatoms. The van der Waals surface area contributed by atoms with Gasteiger partial charge in [0, 0.05) is 0 Å². The van der Waals surface area contributed by atoms with Crippen molar-refractivity contribution in [2.24, 2.45) is 0 Å². The Bertz CT molecular complexity index is 182. The molecule has 0 aromatic heterocycles. The molecule has 0 aliphatic rings. The molecular weight excluding hydrogens is 205 g/mol. The van der Waals surface area contributed by atoms with Crippen molar-refractivity contribution in [2.75, 3.05) is 0 Å². The third-order valence-corrected chi connectivity index (χ3v) is 1.23. The first-order valence-electron chi connectivity index (χ1n) is 2.99.